The molecule has 5 rings (SSSR count). The van der Waals surface area contributed by atoms with Gasteiger partial charge in [-0.25, -0.2) is 4.79 Å². The number of rotatable bonds is 2. The second kappa shape index (κ2) is 7.59. The Kier molecular flexibility index (Phi) is 4.75. The van der Waals surface area contributed by atoms with Crippen LogP contribution in [0.4, 0.5) is 5.69 Å². The molecule has 0 aliphatic carbocycles. The summed E-state index contributed by atoms with van der Waals surface area (Å²) in [5.41, 5.74) is 1.04. The van der Waals surface area contributed by atoms with E-state index in [9.17, 15) is 14.7 Å². The van der Waals surface area contributed by atoms with Gasteiger partial charge in [0.25, 0.3) is 5.56 Å². The van der Waals surface area contributed by atoms with Gasteiger partial charge in [0.05, 0.1) is 11.4 Å². The van der Waals surface area contributed by atoms with Crippen molar-refractivity contribution in [2.24, 2.45) is 12.0 Å². The number of nitrogens with zero attached hydrogens (tertiary/aromatic N) is 2. The molecule has 0 fully saturated rings. The Hall–Kier alpha value is -3.58. The summed E-state index contributed by atoms with van der Waals surface area (Å²) >= 11 is 1.69. The Balaban J connectivity index is 1.73. The standard InChI is InChI=1S/C24H19N3O3S/c1-27-23(29)21(22(28)26-24(27)30)18-13-20(31-19-12-5-4-11-17(19)25-18)16-10-6-8-14-7-2-3-9-15(14)16/h2-12,20,29H,13H2,1H3,(H,26,28,30). The van der Waals surface area contributed by atoms with Gasteiger partial charge in [0.15, 0.2) is 0 Å². The minimum atomic E-state index is -0.666. The van der Waals surface area contributed by atoms with Gasteiger partial charge in [-0.3, -0.25) is 19.3 Å². The molecule has 0 saturated heterocycles. The topological polar surface area (TPSA) is 87.4 Å². The van der Waals surface area contributed by atoms with Gasteiger partial charge in [0.1, 0.15) is 5.56 Å². The Morgan fingerprint density at radius 2 is 1.77 bits per heavy atom. The molecular weight excluding hydrogens is 410 g/mol. The van der Waals surface area contributed by atoms with Crippen molar-refractivity contribution in [2.75, 3.05) is 0 Å². The van der Waals surface area contributed by atoms with E-state index in [2.05, 4.69) is 29.2 Å². The summed E-state index contributed by atoms with van der Waals surface area (Å²) in [6.45, 7) is 0. The molecule has 3 aromatic carbocycles. The van der Waals surface area contributed by atoms with Crippen molar-refractivity contribution in [3.8, 4) is 5.88 Å². The largest absolute Gasteiger partial charge is 0.494 e. The summed E-state index contributed by atoms with van der Waals surface area (Å²) in [7, 11) is 1.42. The Labute approximate surface area is 181 Å². The van der Waals surface area contributed by atoms with E-state index in [1.54, 1.807) is 11.8 Å². The summed E-state index contributed by atoms with van der Waals surface area (Å²) in [6.07, 6.45) is 0.419. The molecule has 1 atom stereocenters. The smallest absolute Gasteiger partial charge is 0.330 e. The van der Waals surface area contributed by atoms with Crippen LogP contribution in [0, 0.1) is 0 Å². The van der Waals surface area contributed by atoms with Crippen molar-refractivity contribution < 1.29 is 5.11 Å². The number of aromatic amines is 1. The number of para-hydroxylation sites is 1. The molecule has 31 heavy (non-hydrogen) atoms. The van der Waals surface area contributed by atoms with Gasteiger partial charge in [-0.2, -0.15) is 0 Å². The molecule has 6 nitrogen and oxygen atoms in total. The van der Waals surface area contributed by atoms with E-state index in [-0.39, 0.29) is 16.7 Å². The van der Waals surface area contributed by atoms with E-state index >= 15 is 0 Å². The van der Waals surface area contributed by atoms with E-state index < -0.39 is 11.2 Å². The molecular formula is C24H19N3O3S. The van der Waals surface area contributed by atoms with Gasteiger partial charge in [0.2, 0.25) is 5.88 Å². The highest BCUT2D eigenvalue weighted by Gasteiger charge is 2.27. The van der Waals surface area contributed by atoms with Gasteiger partial charge in [-0.05, 0) is 28.5 Å². The minimum absolute atomic E-state index is 0.0321. The summed E-state index contributed by atoms with van der Waals surface area (Å²) in [6, 6.07) is 22.1. The number of fused-ring (bicyclic) bond motifs is 2. The van der Waals surface area contributed by atoms with Gasteiger partial charge in [-0.1, -0.05) is 54.6 Å². The lowest BCUT2D eigenvalue weighted by Gasteiger charge is -2.18. The third-order valence-electron chi connectivity index (χ3n) is 5.52. The Morgan fingerprint density at radius 3 is 2.65 bits per heavy atom. The summed E-state index contributed by atoms with van der Waals surface area (Å²) < 4.78 is 1.02. The van der Waals surface area contributed by atoms with Crippen LogP contribution < -0.4 is 11.2 Å². The first-order valence-electron chi connectivity index (χ1n) is 9.86. The van der Waals surface area contributed by atoms with Crippen molar-refractivity contribution in [3.05, 3.63) is 98.7 Å². The van der Waals surface area contributed by atoms with E-state index in [0.717, 1.165) is 31.5 Å². The number of aromatic nitrogens is 2. The predicted molar refractivity (Wildman–Crippen MR) is 124 cm³/mol. The third kappa shape index (κ3) is 3.37. The lowest BCUT2D eigenvalue weighted by Crippen LogP contribution is -2.32. The minimum Gasteiger partial charge on any atom is -0.494 e. The molecule has 2 heterocycles. The zero-order valence-electron chi connectivity index (χ0n) is 16.7. The molecule has 1 aliphatic rings. The van der Waals surface area contributed by atoms with Crippen LogP contribution in [-0.4, -0.2) is 20.4 Å². The average Bonchev–Trinajstić information content (AvgIpc) is 2.96. The molecule has 0 radical (unpaired) electrons. The molecule has 0 bridgehead atoms. The van der Waals surface area contributed by atoms with E-state index in [1.165, 1.54) is 7.05 Å². The van der Waals surface area contributed by atoms with Crippen molar-refractivity contribution >= 4 is 33.9 Å². The van der Waals surface area contributed by atoms with E-state index in [1.807, 2.05) is 42.5 Å². The molecule has 1 unspecified atom stereocenters. The van der Waals surface area contributed by atoms with Crippen LogP contribution in [0.25, 0.3) is 10.8 Å². The number of H-pyrrole nitrogens is 1. The normalized spacial score (nSPS) is 15.9. The fourth-order valence-electron chi connectivity index (χ4n) is 3.94. The summed E-state index contributed by atoms with van der Waals surface area (Å²) in [4.78, 5) is 32.6. The number of benzene rings is 3. The predicted octanol–water partition coefficient (Wildman–Crippen LogP) is 4.29. The monoisotopic (exact) mass is 429 g/mol. The highest BCUT2D eigenvalue weighted by atomic mass is 32.2. The van der Waals surface area contributed by atoms with Crippen LogP contribution in [0.3, 0.4) is 0 Å². The fraction of sp³-hybridized carbons (Fsp3) is 0.125. The lowest BCUT2D eigenvalue weighted by molar-refractivity contribution is 0.416. The number of thioether (sulfide) groups is 1. The number of hydrogen-bond donors (Lipinski definition) is 2. The molecule has 0 amide bonds. The van der Waals surface area contributed by atoms with Gasteiger partial charge < -0.3 is 5.11 Å². The van der Waals surface area contributed by atoms with Crippen molar-refractivity contribution in [2.45, 2.75) is 16.6 Å². The van der Waals surface area contributed by atoms with Gasteiger partial charge >= 0.3 is 5.69 Å². The molecule has 7 heteroatoms. The number of nitrogens with one attached hydrogen (secondary N) is 1. The van der Waals surface area contributed by atoms with Crippen LogP contribution in [0.2, 0.25) is 0 Å². The zero-order chi connectivity index (χ0) is 21.5. The maximum Gasteiger partial charge on any atom is 0.330 e. The Morgan fingerprint density at radius 1 is 1.03 bits per heavy atom. The van der Waals surface area contributed by atoms with Crippen LogP contribution in [0.5, 0.6) is 5.88 Å². The zero-order valence-corrected chi connectivity index (χ0v) is 17.5. The first kappa shape index (κ1) is 19.4. The molecule has 1 aliphatic heterocycles. The van der Waals surface area contributed by atoms with Gasteiger partial charge in [-0.15, -0.1) is 11.8 Å². The molecule has 154 valence electrons. The third-order valence-corrected chi connectivity index (χ3v) is 6.83. The van der Waals surface area contributed by atoms with Crippen molar-refractivity contribution in [1.82, 2.24) is 9.55 Å². The first-order valence-corrected chi connectivity index (χ1v) is 10.7. The van der Waals surface area contributed by atoms with Gasteiger partial charge in [0, 0.05) is 23.6 Å². The van der Waals surface area contributed by atoms with Crippen LogP contribution >= 0.6 is 11.8 Å². The highest BCUT2D eigenvalue weighted by molar-refractivity contribution is 7.99. The van der Waals surface area contributed by atoms with Crippen molar-refractivity contribution in [1.29, 1.82) is 0 Å². The number of hydrogen-bond acceptors (Lipinski definition) is 5. The van der Waals surface area contributed by atoms with E-state index in [0.29, 0.717) is 12.1 Å². The Bertz CT molecular complexity index is 1460. The fourth-order valence-corrected chi connectivity index (χ4v) is 5.21. The SMILES string of the molecule is Cn1c(O)c(C2=Nc3ccccc3SC(c3cccc4ccccc34)C2)c(=O)[nH]c1=O. The van der Waals surface area contributed by atoms with Crippen molar-refractivity contribution in [3.63, 3.8) is 0 Å². The highest BCUT2D eigenvalue weighted by Crippen LogP contribution is 2.47. The maximum absolute atomic E-state index is 12.7. The molecule has 4 aromatic rings. The second-order valence-electron chi connectivity index (χ2n) is 7.42. The molecule has 0 saturated carbocycles. The van der Waals surface area contributed by atoms with E-state index in [4.69, 9.17) is 4.99 Å². The molecule has 1 aromatic heterocycles. The summed E-state index contributed by atoms with van der Waals surface area (Å²) in [5.74, 6) is -0.381. The summed E-state index contributed by atoms with van der Waals surface area (Å²) in [5, 5.41) is 12.9. The maximum atomic E-state index is 12.7. The van der Waals surface area contributed by atoms with Crippen LogP contribution in [-0.2, 0) is 7.05 Å². The number of aromatic hydroxyl groups is 1. The lowest BCUT2D eigenvalue weighted by atomic mass is 9.97. The van der Waals surface area contributed by atoms with Crippen LogP contribution in [0.15, 0.2) is 86.2 Å². The van der Waals surface area contributed by atoms with Crippen LogP contribution in [0.1, 0.15) is 22.8 Å². The molecule has 0 spiro atoms. The second-order valence-corrected chi connectivity index (χ2v) is 8.67. The number of aliphatic imine (C=N–C) groups is 1. The first-order chi connectivity index (χ1) is 15.0. The average molecular weight is 430 g/mol. The quantitative estimate of drug-likeness (QED) is 0.498. The molecule has 2 N–H and O–H groups in total.